The molecule has 4 nitrogen and oxygen atoms in total. The van der Waals surface area contributed by atoms with Gasteiger partial charge in [-0.3, -0.25) is 4.79 Å². The number of hydrogen-bond acceptors (Lipinski definition) is 4. The summed E-state index contributed by atoms with van der Waals surface area (Å²) in [6, 6.07) is -0.676. The van der Waals surface area contributed by atoms with Gasteiger partial charge in [-0.25, -0.2) is 0 Å². The van der Waals surface area contributed by atoms with Crippen molar-refractivity contribution in [1.82, 2.24) is 5.32 Å². The van der Waals surface area contributed by atoms with E-state index in [1.807, 2.05) is 6.66 Å². The highest BCUT2D eigenvalue weighted by atomic mass is 31.1. The van der Waals surface area contributed by atoms with Gasteiger partial charge in [-0.1, -0.05) is 0 Å². The first-order chi connectivity index (χ1) is 6.65. The van der Waals surface area contributed by atoms with Crippen LogP contribution in [0.3, 0.4) is 0 Å². The lowest BCUT2D eigenvalue weighted by Gasteiger charge is -2.23. The molecule has 0 amide bonds. The Morgan fingerprint density at radius 1 is 1.71 bits per heavy atom. The van der Waals surface area contributed by atoms with Crippen molar-refractivity contribution >= 4 is 31.9 Å². The second kappa shape index (κ2) is 8.61. The van der Waals surface area contributed by atoms with Crippen molar-refractivity contribution in [2.75, 3.05) is 20.1 Å². The van der Waals surface area contributed by atoms with Crippen molar-refractivity contribution in [1.29, 1.82) is 0 Å². The van der Waals surface area contributed by atoms with E-state index in [1.54, 1.807) is 0 Å². The van der Waals surface area contributed by atoms with Gasteiger partial charge in [0.2, 0.25) is 0 Å². The Balaban J connectivity index is 4.05. The van der Waals surface area contributed by atoms with Crippen molar-refractivity contribution in [3.63, 3.8) is 0 Å². The molecule has 4 atom stereocenters. The fraction of sp³-hybridized carbons (Fsp3) is 0.857. The van der Waals surface area contributed by atoms with Crippen LogP contribution >= 0.6 is 18.0 Å². The van der Waals surface area contributed by atoms with Gasteiger partial charge in [0.05, 0.1) is 13.5 Å². The van der Waals surface area contributed by atoms with Gasteiger partial charge in [0, 0.05) is 27.1 Å². The third-order valence-electron chi connectivity index (χ3n) is 1.64. The minimum Gasteiger partial charge on any atom is -0.469 e. The van der Waals surface area contributed by atoms with E-state index >= 15 is 0 Å². The third kappa shape index (κ3) is 5.92. The van der Waals surface area contributed by atoms with Gasteiger partial charge < -0.3 is 14.6 Å². The summed E-state index contributed by atoms with van der Waals surface area (Å²) in [5.74, 6) is -0.292. The molecule has 7 heteroatoms. The molecule has 80 valence electrons. The van der Waals surface area contributed by atoms with Crippen molar-refractivity contribution in [2.24, 2.45) is 0 Å². The maximum Gasteiger partial charge on any atom is 0.307 e. The zero-order valence-electron chi connectivity index (χ0n) is 8.45. The van der Waals surface area contributed by atoms with Crippen molar-refractivity contribution in [2.45, 2.75) is 18.5 Å². The molecule has 3 unspecified atom stereocenters. The average molecular weight is 235 g/mol. The summed E-state index contributed by atoms with van der Waals surface area (Å²) in [7, 11) is 9.90. The van der Waals surface area contributed by atoms with E-state index in [0.29, 0.717) is 15.1 Å². The first-order valence-corrected chi connectivity index (χ1v) is 6.46. The van der Waals surface area contributed by atoms with Gasteiger partial charge in [-0.05, 0) is 6.66 Å². The first-order valence-electron chi connectivity index (χ1n) is 4.24. The molecule has 0 aromatic rings. The molecule has 0 bridgehead atoms. The van der Waals surface area contributed by atoms with Crippen molar-refractivity contribution < 1.29 is 14.1 Å². The van der Waals surface area contributed by atoms with E-state index in [9.17, 15) is 4.79 Å². The minimum atomic E-state index is -0.474. The van der Waals surface area contributed by atoms with E-state index in [1.165, 1.54) is 7.11 Å². The lowest BCUT2D eigenvalue weighted by molar-refractivity contribution is -0.141. The molecule has 14 heavy (non-hydrogen) atoms. The van der Waals surface area contributed by atoms with E-state index in [0.717, 1.165) is 0 Å². The monoisotopic (exact) mass is 235 g/mol. The summed E-state index contributed by atoms with van der Waals surface area (Å²) in [4.78, 5) is 11.0. The Morgan fingerprint density at radius 3 is 2.79 bits per heavy atom. The quantitative estimate of drug-likeness (QED) is 0.385. The molecular formula is C7H16BNO3P2. The fourth-order valence-electron chi connectivity index (χ4n) is 0.937. The Kier molecular flexibility index (Phi) is 8.80. The van der Waals surface area contributed by atoms with Gasteiger partial charge in [0.25, 0.3) is 0 Å². The maximum atomic E-state index is 11.0. The second-order valence-electron chi connectivity index (χ2n) is 2.58. The number of rotatable bonds is 7. The van der Waals surface area contributed by atoms with Crippen LogP contribution in [0.4, 0.5) is 0 Å². The molecule has 0 rings (SSSR count). The highest BCUT2D eigenvalue weighted by molar-refractivity contribution is 7.31. The largest absolute Gasteiger partial charge is 0.469 e. The number of esters is 1. The SMILES string of the molecule is [B]C(OPC)[C@H](CC(=O)OC)NCP. The molecule has 0 fully saturated rings. The highest BCUT2D eigenvalue weighted by Gasteiger charge is 2.19. The Bertz CT molecular complexity index is 173. The van der Waals surface area contributed by atoms with Gasteiger partial charge in [-0.2, -0.15) is 0 Å². The summed E-state index contributed by atoms with van der Waals surface area (Å²) in [6.45, 7) is 1.88. The highest BCUT2D eigenvalue weighted by Crippen LogP contribution is 2.12. The van der Waals surface area contributed by atoms with Crippen LogP contribution in [0, 0.1) is 0 Å². The summed E-state index contributed by atoms with van der Waals surface area (Å²) in [5, 5.41) is 3.05. The zero-order chi connectivity index (χ0) is 11.0. The smallest absolute Gasteiger partial charge is 0.307 e. The number of hydrogen-bond donors (Lipinski definition) is 1. The summed E-state index contributed by atoms with van der Waals surface area (Å²) < 4.78 is 9.79. The standard InChI is InChI=1S/C7H16BNO3P2/c1-11-6(10)3-5(9-4-13)7(8)12-14-2/h5,7,9,14H,3-4,13H2,1-2H3/t5-,7?/m0/s1. The Labute approximate surface area is 90.4 Å². The lowest BCUT2D eigenvalue weighted by Crippen LogP contribution is -2.41. The number of nitrogens with one attached hydrogen (secondary N) is 1. The van der Waals surface area contributed by atoms with Crippen LogP contribution in [0.2, 0.25) is 0 Å². The summed E-state index contributed by atoms with van der Waals surface area (Å²) >= 11 is 0. The number of carbonyl (C=O) groups excluding carboxylic acids is 1. The summed E-state index contributed by atoms with van der Waals surface area (Å²) in [6.07, 6.45) is 0.877. The fourth-order valence-corrected chi connectivity index (χ4v) is 1.68. The number of methoxy groups -OCH3 is 1. The minimum absolute atomic E-state index is 0.201. The molecule has 0 saturated heterocycles. The van der Waals surface area contributed by atoms with Crippen LogP contribution in [-0.2, 0) is 14.1 Å². The third-order valence-corrected chi connectivity index (χ3v) is 2.39. The predicted octanol–water partition coefficient (Wildman–Crippen LogP) is 0.0748. The van der Waals surface area contributed by atoms with Crippen LogP contribution in [0.25, 0.3) is 0 Å². The van der Waals surface area contributed by atoms with E-state index in [4.69, 9.17) is 12.4 Å². The zero-order valence-corrected chi connectivity index (χ0v) is 10.6. The molecule has 0 aromatic heterocycles. The van der Waals surface area contributed by atoms with Crippen LogP contribution < -0.4 is 5.32 Å². The van der Waals surface area contributed by atoms with Crippen molar-refractivity contribution in [3.8, 4) is 0 Å². The van der Waals surface area contributed by atoms with Crippen molar-refractivity contribution in [3.05, 3.63) is 0 Å². The van der Waals surface area contributed by atoms with E-state index in [2.05, 4.69) is 19.3 Å². The molecule has 0 spiro atoms. The lowest BCUT2D eigenvalue weighted by atomic mass is 9.91. The molecule has 0 aliphatic carbocycles. The van der Waals surface area contributed by atoms with Crippen LogP contribution in [0.1, 0.15) is 6.42 Å². The Morgan fingerprint density at radius 2 is 2.36 bits per heavy atom. The normalized spacial score (nSPS) is 15.6. The van der Waals surface area contributed by atoms with Gasteiger partial charge in [0.15, 0.2) is 0 Å². The molecular weight excluding hydrogens is 219 g/mol. The molecule has 0 heterocycles. The molecule has 2 radical (unpaired) electrons. The molecule has 0 aromatic carbocycles. The van der Waals surface area contributed by atoms with E-state index < -0.39 is 6.00 Å². The average Bonchev–Trinajstić information content (AvgIpc) is 2.17. The van der Waals surface area contributed by atoms with Crippen LogP contribution in [0.5, 0.6) is 0 Å². The predicted molar refractivity (Wildman–Crippen MR) is 63.0 cm³/mol. The number of ether oxygens (including phenoxy) is 1. The van der Waals surface area contributed by atoms with Gasteiger partial charge in [-0.15, -0.1) is 9.24 Å². The molecule has 1 N–H and O–H groups in total. The second-order valence-corrected chi connectivity index (χ2v) is 3.63. The topological polar surface area (TPSA) is 47.6 Å². The Hall–Kier alpha value is 0.315. The maximum absolute atomic E-state index is 11.0. The first kappa shape index (κ1) is 14.3. The number of carbonyl (C=O) groups is 1. The summed E-state index contributed by atoms with van der Waals surface area (Å²) in [5.41, 5.74) is 0. The van der Waals surface area contributed by atoms with Crippen LogP contribution in [0.15, 0.2) is 0 Å². The van der Waals surface area contributed by atoms with Gasteiger partial charge in [0.1, 0.15) is 7.85 Å². The van der Waals surface area contributed by atoms with E-state index in [-0.39, 0.29) is 18.4 Å². The van der Waals surface area contributed by atoms with Gasteiger partial charge >= 0.3 is 5.97 Å². The molecule has 0 saturated carbocycles. The molecule has 0 aliphatic rings. The molecule has 0 aliphatic heterocycles. The van der Waals surface area contributed by atoms with Crippen LogP contribution in [-0.4, -0.2) is 45.9 Å².